The summed E-state index contributed by atoms with van der Waals surface area (Å²) < 4.78 is 79.2. The average molecular weight is 812 g/mol. The Hall–Kier alpha value is -5.08. The predicted octanol–water partition coefficient (Wildman–Crippen LogP) is 7.79. The summed E-state index contributed by atoms with van der Waals surface area (Å²) in [5.41, 5.74) is 6.75. The number of fused-ring (bicyclic) bond motifs is 3. The molecule has 0 fully saturated rings. The van der Waals surface area contributed by atoms with Crippen LogP contribution in [0.3, 0.4) is 0 Å². The van der Waals surface area contributed by atoms with Gasteiger partial charge in [-0.2, -0.15) is 4.58 Å². The summed E-state index contributed by atoms with van der Waals surface area (Å²) in [4.78, 5) is 13.5. The Labute approximate surface area is 335 Å². The molecule has 0 amide bonds. The molecule has 3 heterocycles. The van der Waals surface area contributed by atoms with Crippen LogP contribution in [-0.2, 0) is 30.4 Å². The Kier molecular flexibility index (Phi) is 11.7. The molecular weight excluding hydrogens is 765 g/mol. The summed E-state index contributed by atoms with van der Waals surface area (Å²) in [6.07, 6.45) is 14.0. The monoisotopic (exact) mass is 811 g/mol. The highest BCUT2D eigenvalue weighted by atomic mass is 32.2. The number of benzene rings is 3. The van der Waals surface area contributed by atoms with Crippen LogP contribution in [0.2, 0.25) is 0 Å². The Bertz CT molecular complexity index is 2510. The predicted molar refractivity (Wildman–Crippen MR) is 221 cm³/mol. The molecule has 3 aliphatic heterocycles. The molecule has 1 unspecified atom stereocenters. The van der Waals surface area contributed by atoms with Gasteiger partial charge in [0.1, 0.15) is 28.2 Å². The normalized spacial score (nSPS) is 19.7. The molecule has 300 valence electrons. The number of anilines is 1. The second-order valence-corrected chi connectivity index (χ2v) is 18.2. The van der Waals surface area contributed by atoms with Gasteiger partial charge in [-0.05, 0) is 82.9 Å². The molecule has 3 aromatic carbocycles. The highest BCUT2D eigenvalue weighted by molar-refractivity contribution is 7.86. The lowest BCUT2D eigenvalue weighted by Gasteiger charge is -2.43. The molecule has 0 saturated heterocycles. The number of carboxylic acids is 1. The Morgan fingerprint density at radius 1 is 0.947 bits per heavy atom. The number of ether oxygens (including phenoxy) is 1. The van der Waals surface area contributed by atoms with Crippen LogP contribution in [0, 0.1) is 0 Å². The van der Waals surface area contributed by atoms with Crippen molar-refractivity contribution < 1.29 is 45.2 Å². The van der Waals surface area contributed by atoms with Gasteiger partial charge in [-0.3, -0.25) is 4.79 Å². The van der Waals surface area contributed by atoms with Crippen LogP contribution < -0.4 is 9.64 Å². The SMILES string of the molecule is CCN1c2cc3c(cc2C(C)=CC1(C)C)C(=CC=CC=CC1=[N+](CCCS(=O)(=O)[O-])c2ccc(S(=O)(=O)[O-])cc2C1(C)CCCC(=O)O)C=C(c1ccccc1)O3. The van der Waals surface area contributed by atoms with E-state index in [4.69, 9.17) is 4.74 Å². The van der Waals surface area contributed by atoms with Crippen LogP contribution in [0.25, 0.3) is 16.9 Å². The van der Waals surface area contributed by atoms with Crippen molar-refractivity contribution in [3.8, 4) is 5.75 Å². The third kappa shape index (κ3) is 8.91. The minimum Gasteiger partial charge on any atom is -0.748 e. The Morgan fingerprint density at radius 2 is 1.68 bits per heavy atom. The number of hydrogen-bond donors (Lipinski definition) is 1. The number of aliphatic carboxylic acids is 1. The number of nitrogens with zero attached hydrogens (tertiary/aromatic N) is 2. The number of rotatable bonds is 14. The van der Waals surface area contributed by atoms with E-state index in [2.05, 4.69) is 50.8 Å². The van der Waals surface area contributed by atoms with Crippen molar-refractivity contribution in [2.24, 2.45) is 0 Å². The maximum absolute atomic E-state index is 12.1. The second-order valence-electron chi connectivity index (χ2n) is 15.3. The zero-order valence-electron chi connectivity index (χ0n) is 32.7. The summed E-state index contributed by atoms with van der Waals surface area (Å²) in [7, 11) is -9.33. The lowest BCUT2D eigenvalue weighted by molar-refractivity contribution is -0.437. The Balaban J connectivity index is 1.42. The van der Waals surface area contributed by atoms with E-state index >= 15 is 0 Å². The van der Waals surface area contributed by atoms with Crippen molar-refractivity contribution in [3.05, 3.63) is 125 Å². The highest BCUT2D eigenvalue weighted by Crippen LogP contribution is 2.47. The van der Waals surface area contributed by atoms with Gasteiger partial charge in [-0.25, -0.2) is 16.8 Å². The third-order valence-electron chi connectivity index (χ3n) is 10.9. The van der Waals surface area contributed by atoms with Crippen molar-refractivity contribution in [2.45, 2.75) is 76.2 Å². The number of allylic oxidation sites excluding steroid dienone is 8. The summed E-state index contributed by atoms with van der Waals surface area (Å²) >= 11 is 0. The van der Waals surface area contributed by atoms with Gasteiger partial charge in [0.25, 0.3) is 0 Å². The number of likely N-dealkylation sites (N-methyl/N-ethyl adjacent to an activating group) is 1. The molecule has 0 saturated carbocycles. The van der Waals surface area contributed by atoms with E-state index in [-0.39, 0.29) is 37.8 Å². The summed E-state index contributed by atoms with van der Waals surface area (Å²) in [5, 5.41) is 9.42. The highest BCUT2D eigenvalue weighted by Gasteiger charge is 2.47. The van der Waals surface area contributed by atoms with Gasteiger partial charge < -0.3 is 23.8 Å². The molecule has 0 spiro atoms. The van der Waals surface area contributed by atoms with Crippen LogP contribution in [0.1, 0.15) is 82.6 Å². The fourth-order valence-electron chi connectivity index (χ4n) is 8.30. The Morgan fingerprint density at radius 3 is 2.35 bits per heavy atom. The molecule has 0 aromatic heterocycles. The van der Waals surface area contributed by atoms with E-state index in [9.17, 15) is 35.8 Å². The van der Waals surface area contributed by atoms with Gasteiger partial charge in [-0.15, -0.1) is 0 Å². The van der Waals surface area contributed by atoms with Crippen LogP contribution >= 0.6 is 0 Å². The minimum absolute atomic E-state index is 0.0131. The number of carboxylic acid groups (broad SMARTS) is 1. The molecule has 0 bridgehead atoms. The van der Waals surface area contributed by atoms with E-state index < -0.39 is 42.3 Å². The van der Waals surface area contributed by atoms with Crippen molar-refractivity contribution in [1.29, 1.82) is 0 Å². The smallest absolute Gasteiger partial charge is 0.303 e. The van der Waals surface area contributed by atoms with Gasteiger partial charge in [-0.1, -0.05) is 60.7 Å². The molecule has 57 heavy (non-hydrogen) atoms. The van der Waals surface area contributed by atoms with Gasteiger partial charge in [0, 0.05) is 71.3 Å². The van der Waals surface area contributed by atoms with Crippen molar-refractivity contribution in [1.82, 2.24) is 0 Å². The molecule has 6 rings (SSSR count). The lowest BCUT2D eigenvalue weighted by atomic mass is 9.75. The van der Waals surface area contributed by atoms with Crippen LogP contribution in [-0.4, -0.2) is 71.7 Å². The van der Waals surface area contributed by atoms with Gasteiger partial charge in [0.15, 0.2) is 5.71 Å². The fraction of sp³-hybridized carbons (Fsp3) is 0.318. The molecule has 1 N–H and O–H groups in total. The van der Waals surface area contributed by atoms with Crippen molar-refractivity contribution in [2.75, 3.05) is 23.7 Å². The van der Waals surface area contributed by atoms with E-state index in [1.807, 2.05) is 72.2 Å². The molecular formula is C44H47N2O9S2-. The standard InChI is InChI=1S/C44H48N2O9S2/c1-6-46-38-28-40-35(27-34(38)30(2)29-43(46,3)4)32(25-39(55-40)31-15-9-7-10-16-31)17-11-8-12-18-41-44(5,22-13-19-42(47)48)36-26-33(57(52,53)54)20-21-37(36)45(41)23-14-24-56(49,50)51/h7-12,15-18,20-21,25-29H,6,13-14,19,22-24H2,1-5H3,(H2-,47,48,49,50,51,52,53,54)/p-1. The first-order valence-corrected chi connectivity index (χ1v) is 21.9. The molecule has 11 nitrogen and oxygen atoms in total. The molecule has 0 aliphatic carbocycles. The molecule has 3 aromatic rings. The summed E-state index contributed by atoms with van der Waals surface area (Å²) in [6, 6.07) is 18.2. The number of carbonyl (C=O) groups is 1. The average Bonchev–Trinajstić information content (AvgIpc) is 3.35. The molecule has 3 aliphatic rings. The maximum Gasteiger partial charge on any atom is 0.303 e. The van der Waals surface area contributed by atoms with Crippen LogP contribution in [0.4, 0.5) is 11.4 Å². The zero-order valence-corrected chi connectivity index (χ0v) is 34.3. The third-order valence-corrected chi connectivity index (χ3v) is 12.5. The molecule has 1 atom stereocenters. The van der Waals surface area contributed by atoms with E-state index in [1.165, 1.54) is 23.8 Å². The largest absolute Gasteiger partial charge is 0.748 e. The van der Waals surface area contributed by atoms with E-state index in [0.717, 1.165) is 40.2 Å². The van der Waals surface area contributed by atoms with Crippen molar-refractivity contribution >= 4 is 60.2 Å². The van der Waals surface area contributed by atoms with E-state index in [1.54, 1.807) is 6.08 Å². The fourth-order valence-corrected chi connectivity index (χ4v) is 9.27. The first-order chi connectivity index (χ1) is 26.8. The molecule has 0 radical (unpaired) electrons. The first kappa shape index (κ1) is 41.6. The molecule has 13 heteroatoms. The van der Waals surface area contributed by atoms with Gasteiger partial charge >= 0.3 is 5.97 Å². The summed E-state index contributed by atoms with van der Waals surface area (Å²) in [6.45, 7) is 11.4. The topological polar surface area (TPSA) is 167 Å². The zero-order chi connectivity index (χ0) is 41.3. The van der Waals surface area contributed by atoms with Crippen LogP contribution in [0.15, 0.2) is 108 Å². The number of hydrogen-bond acceptors (Lipinski definition) is 9. The summed E-state index contributed by atoms with van der Waals surface area (Å²) in [5.74, 6) is -0.158. The van der Waals surface area contributed by atoms with Crippen molar-refractivity contribution in [3.63, 3.8) is 0 Å². The minimum atomic E-state index is -4.82. The van der Waals surface area contributed by atoms with E-state index in [0.29, 0.717) is 22.7 Å². The second kappa shape index (κ2) is 16.0. The first-order valence-electron chi connectivity index (χ1n) is 18.9. The quantitative estimate of drug-likeness (QED) is 0.0965. The van der Waals surface area contributed by atoms with Crippen LogP contribution in [0.5, 0.6) is 5.75 Å². The maximum atomic E-state index is 12.1. The lowest BCUT2D eigenvalue weighted by Crippen LogP contribution is -2.44. The van der Waals surface area contributed by atoms with Gasteiger partial charge in [0.05, 0.1) is 26.0 Å². The van der Waals surface area contributed by atoms with Gasteiger partial charge in [0.2, 0.25) is 5.69 Å².